The summed E-state index contributed by atoms with van der Waals surface area (Å²) in [5, 5.41) is 12.3. The maximum absolute atomic E-state index is 13.5. The third-order valence-electron chi connectivity index (χ3n) is 6.35. The second-order valence-corrected chi connectivity index (χ2v) is 12.1. The van der Waals surface area contributed by atoms with Gasteiger partial charge in [-0.15, -0.1) is 0 Å². The molecule has 3 aromatic carbocycles. The SMILES string of the molecule is CC(=O)Oc1cc([C]2[CH][CH][CH][C]2[S@@](=O)c2ccc(C)cc2)c(O)cc1[C]1[CH][CH][CH][C]1[S@@](=O)c1ccc(C)cc1. The van der Waals surface area contributed by atoms with Gasteiger partial charge in [-0.25, -0.2) is 0 Å². The topological polar surface area (TPSA) is 80.7 Å². The van der Waals surface area contributed by atoms with Crippen LogP contribution in [0.1, 0.15) is 29.2 Å². The maximum atomic E-state index is 13.5. The lowest BCUT2D eigenvalue weighted by atomic mass is 9.90. The first kappa shape index (κ1) is 27.8. The fourth-order valence-corrected chi connectivity index (χ4v) is 6.82. The highest BCUT2D eigenvalue weighted by Crippen LogP contribution is 2.50. The number of hydrogen-bond donors (Lipinski definition) is 1. The zero-order chi connectivity index (χ0) is 27.7. The van der Waals surface area contributed by atoms with Gasteiger partial charge in [-0.3, -0.25) is 13.2 Å². The van der Waals surface area contributed by atoms with Crippen LogP contribution >= 0.6 is 0 Å². The number of esters is 1. The number of aromatic hydroxyl groups is 1. The van der Waals surface area contributed by atoms with Crippen LogP contribution in [0.2, 0.25) is 0 Å². The minimum Gasteiger partial charge on any atom is -0.508 e. The smallest absolute Gasteiger partial charge is 0.308 e. The first-order chi connectivity index (χ1) is 18.7. The highest BCUT2D eigenvalue weighted by molar-refractivity contribution is 7.88. The van der Waals surface area contributed by atoms with Crippen LogP contribution in [0.15, 0.2) is 70.5 Å². The van der Waals surface area contributed by atoms with Crippen molar-refractivity contribution in [3.63, 3.8) is 0 Å². The van der Waals surface area contributed by atoms with E-state index in [1.807, 2.05) is 62.4 Å². The lowest BCUT2D eigenvalue weighted by Gasteiger charge is -2.24. The summed E-state index contributed by atoms with van der Waals surface area (Å²) in [6, 6.07) is 18.0. The summed E-state index contributed by atoms with van der Waals surface area (Å²) in [4.78, 5) is 13.4. The molecule has 0 amide bonds. The van der Waals surface area contributed by atoms with Crippen molar-refractivity contribution in [1.29, 1.82) is 0 Å². The summed E-state index contributed by atoms with van der Waals surface area (Å²) in [5.41, 5.74) is 2.93. The number of carbonyl (C=O) groups excluding carboxylic acids is 1. The van der Waals surface area contributed by atoms with Crippen molar-refractivity contribution >= 4 is 27.6 Å². The molecule has 0 unspecified atom stereocenters. The molecule has 2 atom stereocenters. The van der Waals surface area contributed by atoms with Crippen molar-refractivity contribution < 1.29 is 23.1 Å². The lowest BCUT2D eigenvalue weighted by molar-refractivity contribution is -0.131. The van der Waals surface area contributed by atoms with Gasteiger partial charge in [-0.1, -0.05) is 35.4 Å². The molecule has 39 heavy (non-hydrogen) atoms. The van der Waals surface area contributed by atoms with Gasteiger partial charge in [0.05, 0.1) is 32.1 Å². The van der Waals surface area contributed by atoms with Crippen molar-refractivity contribution in [1.82, 2.24) is 0 Å². The largest absolute Gasteiger partial charge is 0.508 e. The Kier molecular flexibility index (Phi) is 8.38. The molecule has 0 aliphatic heterocycles. The number of hydrogen-bond acceptors (Lipinski definition) is 5. The Morgan fingerprint density at radius 3 is 1.62 bits per heavy atom. The molecule has 0 heterocycles. The third-order valence-corrected chi connectivity index (χ3v) is 9.26. The zero-order valence-corrected chi connectivity index (χ0v) is 23.3. The quantitative estimate of drug-likeness (QED) is 0.299. The number of phenolic OH excluding ortho intramolecular Hbond substituents is 1. The molecule has 7 heteroatoms. The second kappa shape index (κ2) is 11.8. The lowest BCUT2D eigenvalue weighted by Crippen LogP contribution is -2.16. The van der Waals surface area contributed by atoms with Crippen LogP contribution in [0.4, 0.5) is 0 Å². The summed E-state index contributed by atoms with van der Waals surface area (Å²) >= 11 is 0. The Morgan fingerprint density at radius 2 is 1.15 bits per heavy atom. The van der Waals surface area contributed by atoms with E-state index in [-0.39, 0.29) is 11.5 Å². The van der Waals surface area contributed by atoms with E-state index in [4.69, 9.17) is 4.74 Å². The van der Waals surface area contributed by atoms with Crippen LogP contribution in [-0.2, 0) is 26.4 Å². The first-order valence-electron chi connectivity index (χ1n) is 12.3. The summed E-state index contributed by atoms with van der Waals surface area (Å²) in [6.07, 6.45) is 10.6. The summed E-state index contributed by atoms with van der Waals surface area (Å²) in [7, 11) is -2.98. The maximum Gasteiger partial charge on any atom is 0.308 e. The molecule has 3 aromatic rings. The Hall–Kier alpha value is -2.77. The average Bonchev–Trinajstić information content (AvgIpc) is 3.59. The van der Waals surface area contributed by atoms with Gasteiger partial charge < -0.3 is 9.84 Å². The van der Waals surface area contributed by atoms with Crippen molar-refractivity contribution in [2.24, 2.45) is 0 Å². The Morgan fingerprint density at radius 1 is 0.692 bits per heavy atom. The Labute approximate surface area is 235 Å². The summed E-state index contributed by atoms with van der Waals surface area (Å²) in [5.74, 6) is 0.737. The van der Waals surface area contributed by atoms with Gasteiger partial charge in [0.25, 0.3) is 0 Å². The van der Waals surface area contributed by atoms with Gasteiger partial charge in [0.2, 0.25) is 0 Å². The monoisotopic (exact) mass is 554 g/mol. The number of ether oxygens (including phenoxy) is 1. The fourth-order valence-electron chi connectivity index (χ4n) is 4.39. The minimum atomic E-state index is -1.49. The van der Waals surface area contributed by atoms with Crippen molar-refractivity contribution in [2.75, 3.05) is 0 Å². The van der Waals surface area contributed by atoms with Crippen LogP contribution < -0.4 is 4.74 Å². The van der Waals surface area contributed by atoms with E-state index in [0.29, 0.717) is 43.3 Å². The minimum absolute atomic E-state index is 0.0810. The van der Waals surface area contributed by atoms with Gasteiger partial charge in [0.1, 0.15) is 11.5 Å². The van der Waals surface area contributed by atoms with Crippen LogP contribution in [0.25, 0.3) is 0 Å². The van der Waals surface area contributed by atoms with Crippen LogP contribution in [0.3, 0.4) is 0 Å². The number of carbonyl (C=O) groups is 1. The normalized spacial score (nSPS) is 18.8. The molecule has 5 nitrogen and oxygen atoms in total. The van der Waals surface area contributed by atoms with Crippen LogP contribution in [0, 0.1) is 74.7 Å². The highest BCUT2D eigenvalue weighted by Gasteiger charge is 2.41. The molecule has 196 valence electrons. The number of phenols is 1. The molecular weight excluding hydrogens is 528 g/mol. The average molecular weight is 555 g/mol. The third kappa shape index (κ3) is 5.90. The molecule has 2 aliphatic carbocycles. The van der Waals surface area contributed by atoms with Crippen molar-refractivity contribution in [3.05, 3.63) is 144 Å². The predicted molar refractivity (Wildman–Crippen MR) is 152 cm³/mol. The standard InChI is InChI=1S/C32H26O5S2/c1-20-10-14-23(15-11-20)38(35)31-8-4-6-25(31)27-19-30(37-22(3)33)28(18-29(27)34)26-7-5-9-32(26)39(36)24-16-12-21(2)13-17-24/h4-19,34H,1-3H3/t38-,39-/m0/s1. The van der Waals surface area contributed by atoms with Gasteiger partial charge in [-0.05, 0) is 88.8 Å². The highest BCUT2D eigenvalue weighted by atomic mass is 32.2. The van der Waals surface area contributed by atoms with Gasteiger partial charge in [0, 0.05) is 39.7 Å². The van der Waals surface area contributed by atoms with E-state index >= 15 is 0 Å². The molecule has 2 saturated carbocycles. The van der Waals surface area contributed by atoms with E-state index in [1.165, 1.54) is 13.0 Å². The fraction of sp³-hybridized carbons (Fsp3) is 0.0938. The molecule has 10 radical (unpaired) electrons. The molecule has 0 bridgehead atoms. The van der Waals surface area contributed by atoms with E-state index < -0.39 is 27.6 Å². The zero-order valence-electron chi connectivity index (χ0n) is 21.6. The van der Waals surface area contributed by atoms with E-state index in [1.54, 1.807) is 44.6 Å². The van der Waals surface area contributed by atoms with E-state index in [0.717, 1.165) is 11.1 Å². The van der Waals surface area contributed by atoms with Gasteiger partial charge in [0.15, 0.2) is 0 Å². The summed E-state index contributed by atoms with van der Waals surface area (Å²) in [6.45, 7) is 5.23. The van der Waals surface area contributed by atoms with E-state index in [9.17, 15) is 18.3 Å². The number of aryl methyl sites for hydroxylation is 2. The van der Waals surface area contributed by atoms with Crippen molar-refractivity contribution in [2.45, 2.75) is 30.6 Å². The molecule has 0 saturated heterocycles. The summed E-state index contributed by atoms with van der Waals surface area (Å²) < 4.78 is 32.5. The first-order valence-corrected chi connectivity index (χ1v) is 14.6. The molecule has 2 fully saturated rings. The molecular formula is C32H26O5S2. The van der Waals surface area contributed by atoms with E-state index in [2.05, 4.69) is 0 Å². The molecule has 2 aliphatic rings. The van der Waals surface area contributed by atoms with Crippen molar-refractivity contribution in [3.8, 4) is 11.5 Å². The molecule has 5 rings (SSSR count). The Bertz CT molecular complexity index is 1400. The van der Waals surface area contributed by atoms with Crippen LogP contribution in [-0.4, -0.2) is 19.5 Å². The van der Waals surface area contributed by atoms with Gasteiger partial charge in [-0.2, -0.15) is 0 Å². The van der Waals surface area contributed by atoms with Crippen LogP contribution in [0.5, 0.6) is 11.5 Å². The number of benzene rings is 3. The molecule has 0 spiro atoms. The number of rotatable bonds is 7. The Balaban J connectivity index is 1.49. The predicted octanol–water partition coefficient (Wildman–Crippen LogP) is 5.71. The molecule has 1 N–H and O–H groups in total. The second-order valence-electron chi connectivity index (χ2n) is 9.23. The van der Waals surface area contributed by atoms with Gasteiger partial charge >= 0.3 is 5.97 Å². The molecule has 0 aromatic heterocycles.